The molecule has 28 heavy (non-hydrogen) atoms. The van der Waals surface area contributed by atoms with Gasteiger partial charge in [-0.1, -0.05) is 54.1 Å². The number of para-hydroxylation sites is 1. The highest BCUT2D eigenvalue weighted by Crippen LogP contribution is 2.26. The standard InChI is InChI=1S/C24H22ClN3/c1-17(11-12-18-7-3-2-4-8-18)26-24-21-9-5-6-10-22(21)27-23(28-24)19-13-15-20(25)16-14-19/h2-10,13-17H,11-12H2,1H3,(H,26,27,28)/t17-/m0/s1. The van der Waals surface area contributed by atoms with Crippen LogP contribution in [0.1, 0.15) is 18.9 Å². The van der Waals surface area contributed by atoms with Gasteiger partial charge in [0.2, 0.25) is 0 Å². The van der Waals surface area contributed by atoms with Gasteiger partial charge in [-0.05, 0) is 61.7 Å². The number of hydrogen-bond acceptors (Lipinski definition) is 3. The highest BCUT2D eigenvalue weighted by atomic mass is 35.5. The summed E-state index contributed by atoms with van der Waals surface area (Å²) in [6.07, 6.45) is 2.06. The van der Waals surface area contributed by atoms with Crippen LogP contribution in [0.3, 0.4) is 0 Å². The molecule has 0 aliphatic carbocycles. The minimum absolute atomic E-state index is 0.289. The van der Waals surface area contributed by atoms with Crippen LogP contribution in [-0.4, -0.2) is 16.0 Å². The monoisotopic (exact) mass is 387 g/mol. The molecular weight excluding hydrogens is 366 g/mol. The van der Waals surface area contributed by atoms with Crippen molar-refractivity contribution in [1.82, 2.24) is 9.97 Å². The quantitative estimate of drug-likeness (QED) is 0.417. The predicted octanol–water partition coefficient (Wildman–Crippen LogP) is 6.38. The lowest BCUT2D eigenvalue weighted by Crippen LogP contribution is -2.17. The van der Waals surface area contributed by atoms with Crippen LogP contribution in [0.4, 0.5) is 5.82 Å². The van der Waals surface area contributed by atoms with Crippen molar-refractivity contribution in [1.29, 1.82) is 0 Å². The van der Waals surface area contributed by atoms with Crippen LogP contribution in [0, 0.1) is 0 Å². The van der Waals surface area contributed by atoms with Gasteiger partial charge in [-0.25, -0.2) is 9.97 Å². The number of anilines is 1. The third kappa shape index (κ3) is 4.32. The molecule has 0 aliphatic heterocycles. The second-order valence-corrected chi connectivity index (χ2v) is 7.43. The van der Waals surface area contributed by atoms with Crippen molar-refractivity contribution in [3.8, 4) is 11.4 Å². The zero-order valence-electron chi connectivity index (χ0n) is 15.8. The Bertz CT molecular complexity index is 1060. The van der Waals surface area contributed by atoms with E-state index in [0.717, 1.165) is 35.1 Å². The van der Waals surface area contributed by atoms with E-state index in [1.807, 2.05) is 42.5 Å². The van der Waals surface area contributed by atoms with E-state index in [2.05, 4.69) is 48.6 Å². The third-order valence-corrected chi connectivity index (χ3v) is 5.05. The van der Waals surface area contributed by atoms with E-state index in [9.17, 15) is 0 Å². The van der Waals surface area contributed by atoms with Crippen molar-refractivity contribution in [2.24, 2.45) is 0 Å². The highest BCUT2D eigenvalue weighted by molar-refractivity contribution is 6.30. The van der Waals surface area contributed by atoms with Crippen molar-refractivity contribution in [2.75, 3.05) is 5.32 Å². The summed E-state index contributed by atoms with van der Waals surface area (Å²) >= 11 is 6.03. The summed E-state index contributed by atoms with van der Waals surface area (Å²) in [5, 5.41) is 5.34. The fourth-order valence-corrected chi connectivity index (χ4v) is 3.37. The van der Waals surface area contributed by atoms with Gasteiger partial charge in [0.05, 0.1) is 5.52 Å². The smallest absolute Gasteiger partial charge is 0.162 e. The van der Waals surface area contributed by atoms with Gasteiger partial charge in [0.15, 0.2) is 5.82 Å². The number of aromatic nitrogens is 2. The Kier molecular flexibility index (Phi) is 5.54. The van der Waals surface area contributed by atoms with Crippen molar-refractivity contribution >= 4 is 28.3 Å². The molecule has 0 radical (unpaired) electrons. The zero-order valence-corrected chi connectivity index (χ0v) is 16.5. The maximum absolute atomic E-state index is 6.03. The first kappa shape index (κ1) is 18.5. The summed E-state index contributed by atoms with van der Waals surface area (Å²) in [6, 6.07) is 26.6. The SMILES string of the molecule is C[C@@H](CCc1ccccc1)Nc1nc(-c2ccc(Cl)cc2)nc2ccccc12. The molecule has 0 spiro atoms. The fraction of sp³-hybridized carbons (Fsp3) is 0.167. The van der Waals surface area contributed by atoms with E-state index >= 15 is 0 Å². The largest absolute Gasteiger partial charge is 0.367 e. The van der Waals surface area contributed by atoms with Crippen molar-refractivity contribution < 1.29 is 0 Å². The highest BCUT2D eigenvalue weighted by Gasteiger charge is 2.12. The van der Waals surface area contributed by atoms with Crippen LogP contribution >= 0.6 is 11.6 Å². The average molecular weight is 388 g/mol. The average Bonchev–Trinajstić information content (AvgIpc) is 2.73. The maximum Gasteiger partial charge on any atom is 0.162 e. The Morgan fingerprint density at radius 1 is 0.857 bits per heavy atom. The molecule has 1 aromatic heterocycles. The second-order valence-electron chi connectivity index (χ2n) is 6.99. The molecule has 0 amide bonds. The van der Waals surface area contributed by atoms with Crippen molar-refractivity contribution in [2.45, 2.75) is 25.8 Å². The number of nitrogens with one attached hydrogen (secondary N) is 1. The minimum atomic E-state index is 0.289. The fourth-order valence-electron chi connectivity index (χ4n) is 3.25. The molecule has 4 aromatic rings. The molecule has 3 aromatic carbocycles. The molecule has 0 saturated heterocycles. The number of nitrogens with zero attached hydrogens (tertiary/aromatic N) is 2. The van der Waals surface area contributed by atoms with Crippen LogP contribution in [-0.2, 0) is 6.42 Å². The van der Waals surface area contributed by atoms with E-state index in [0.29, 0.717) is 10.8 Å². The topological polar surface area (TPSA) is 37.8 Å². The van der Waals surface area contributed by atoms with Gasteiger partial charge in [0, 0.05) is 22.0 Å². The van der Waals surface area contributed by atoms with Gasteiger partial charge in [0.1, 0.15) is 5.82 Å². The molecule has 3 nitrogen and oxygen atoms in total. The summed E-state index contributed by atoms with van der Waals surface area (Å²) < 4.78 is 0. The van der Waals surface area contributed by atoms with E-state index in [1.165, 1.54) is 5.56 Å². The summed E-state index contributed by atoms with van der Waals surface area (Å²) in [7, 11) is 0. The molecule has 1 N–H and O–H groups in total. The first-order chi connectivity index (χ1) is 13.7. The van der Waals surface area contributed by atoms with Crippen LogP contribution in [0.25, 0.3) is 22.3 Å². The Balaban J connectivity index is 1.60. The Morgan fingerprint density at radius 3 is 2.36 bits per heavy atom. The molecule has 0 saturated carbocycles. The van der Waals surface area contributed by atoms with E-state index in [1.54, 1.807) is 0 Å². The van der Waals surface area contributed by atoms with Crippen LogP contribution in [0.5, 0.6) is 0 Å². The molecule has 4 rings (SSSR count). The van der Waals surface area contributed by atoms with Gasteiger partial charge in [0.25, 0.3) is 0 Å². The van der Waals surface area contributed by atoms with Gasteiger partial charge >= 0.3 is 0 Å². The second kappa shape index (κ2) is 8.41. The molecule has 0 unspecified atom stereocenters. The van der Waals surface area contributed by atoms with Crippen LogP contribution in [0.15, 0.2) is 78.9 Å². The molecule has 1 atom stereocenters. The number of rotatable bonds is 6. The Morgan fingerprint density at radius 2 is 1.57 bits per heavy atom. The van der Waals surface area contributed by atoms with Gasteiger partial charge in [-0.15, -0.1) is 0 Å². The minimum Gasteiger partial charge on any atom is -0.367 e. The van der Waals surface area contributed by atoms with E-state index < -0.39 is 0 Å². The molecule has 0 bridgehead atoms. The third-order valence-electron chi connectivity index (χ3n) is 4.80. The maximum atomic E-state index is 6.03. The summed E-state index contributed by atoms with van der Waals surface area (Å²) in [4.78, 5) is 9.57. The number of halogens is 1. The molecule has 4 heteroatoms. The Hall–Kier alpha value is -2.91. The molecule has 0 aliphatic rings. The molecular formula is C24H22ClN3. The van der Waals surface area contributed by atoms with Gasteiger partial charge < -0.3 is 5.32 Å². The van der Waals surface area contributed by atoms with Crippen LogP contribution < -0.4 is 5.32 Å². The summed E-state index contributed by atoms with van der Waals surface area (Å²) in [5.41, 5.74) is 3.24. The summed E-state index contributed by atoms with van der Waals surface area (Å²) in [6.45, 7) is 2.20. The lowest BCUT2D eigenvalue weighted by atomic mass is 10.1. The van der Waals surface area contributed by atoms with Gasteiger partial charge in [-0.2, -0.15) is 0 Å². The first-order valence-electron chi connectivity index (χ1n) is 9.52. The van der Waals surface area contributed by atoms with E-state index in [-0.39, 0.29) is 6.04 Å². The number of hydrogen-bond donors (Lipinski definition) is 1. The number of aryl methyl sites for hydroxylation is 1. The van der Waals surface area contributed by atoms with Crippen molar-refractivity contribution in [3.63, 3.8) is 0 Å². The number of fused-ring (bicyclic) bond motifs is 1. The van der Waals surface area contributed by atoms with E-state index in [4.69, 9.17) is 21.6 Å². The predicted molar refractivity (Wildman–Crippen MR) is 118 cm³/mol. The zero-order chi connectivity index (χ0) is 19.3. The Labute approximate surface area is 170 Å². The summed E-state index contributed by atoms with van der Waals surface area (Å²) in [5.74, 6) is 1.57. The lowest BCUT2D eigenvalue weighted by Gasteiger charge is -2.17. The van der Waals surface area contributed by atoms with Gasteiger partial charge in [-0.3, -0.25) is 0 Å². The molecule has 1 heterocycles. The molecule has 0 fully saturated rings. The van der Waals surface area contributed by atoms with Crippen LogP contribution in [0.2, 0.25) is 5.02 Å². The number of benzene rings is 3. The molecule has 140 valence electrons. The first-order valence-corrected chi connectivity index (χ1v) is 9.90. The van der Waals surface area contributed by atoms with Crippen molar-refractivity contribution in [3.05, 3.63) is 89.4 Å². The lowest BCUT2D eigenvalue weighted by molar-refractivity contribution is 0.704. The normalized spacial score (nSPS) is 12.1.